The van der Waals surface area contributed by atoms with E-state index >= 15 is 0 Å². The fourth-order valence-electron chi connectivity index (χ4n) is 4.02. The van der Waals surface area contributed by atoms with Crippen LogP contribution in [-0.2, 0) is 25.3 Å². The molecule has 0 spiro atoms. The van der Waals surface area contributed by atoms with Crippen molar-refractivity contribution < 1.29 is 9.47 Å². The summed E-state index contributed by atoms with van der Waals surface area (Å²) in [5.41, 5.74) is 3.73. The van der Waals surface area contributed by atoms with Crippen LogP contribution in [0.2, 0.25) is 0 Å². The van der Waals surface area contributed by atoms with Crippen LogP contribution in [0.3, 0.4) is 0 Å². The molecule has 0 saturated heterocycles. The average molecular weight is 451 g/mol. The van der Waals surface area contributed by atoms with Gasteiger partial charge in [-0.05, 0) is 65.6 Å². The number of methoxy groups -OCH3 is 1. The fraction of sp³-hybridized carbons (Fsp3) is 0.417. The number of allylic oxidation sites excluding steroid dienone is 2. The molecule has 0 N–H and O–H groups in total. The zero-order chi connectivity index (χ0) is 23.4. The third kappa shape index (κ3) is 4.76. The Morgan fingerprint density at radius 2 is 2.03 bits per heavy atom. The Balaban J connectivity index is 1.62. The summed E-state index contributed by atoms with van der Waals surface area (Å²) in [5.74, 6) is 1.51. The summed E-state index contributed by atoms with van der Waals surface area (Å²) < 4.78 is 16.3. The number of tetrazole rings is 1. The first-order valence-electron chi connectivity index (χ1n) is 11.2. The standard InChI is InChI=1S/C24H30N6O3/c1-5-6-8-18-15-17(20-13-14-28(2)25-20)11-12-22(18)33-16-19-21(9-7-10-23(19)32-4)30-24(31)29(3)26-27-30/h7,10-15,21H,5-6,8-9,16H2,1-4H3. The molecule has 0 bridgehead atoms. The Labute approximate surface area is 192 Å². The van der Waals surface area contributed by atoms with Crippen molar-refractivity contribution in [2.45, 2.75) is 38.6 Å². The van der Waals surface area contributed by atoms with E-state index in [1.54, 1.807) is 18.8 Å². The molecule has 0 radical (unpaired) electrons. The molecule has 1 aliphatic rings. The smallest absolute Gasteiger partial charge is 0.363 e. The lowest BCUT2D eigenvalue weighted by atomic mass is 9.98. The van der Waals surface area contributed by atoms with Crippen molar-refractivity contribution in [1.82, 2.24) is 29.6 Å². The summed E-state index contributed by atoms with van der Waals surface area (Å²) in [4.78, 5) is 12.5. The Hall–Kier alpha value is -3.62. The minimum absolute atomic E-state index is 0.272. The summed E-state index contributed by atoms with van der Waals surface area (Å²) >= 11 is 0. The van der Waals surface area contributed by atoms with Gasteiger partial charge >= 0.3 is 5.69 Å². The van der Waals surface area contributed by atoms with Crippen molar-refractivity contribution in [1.29, 1.82) is 0 Å². The summed E-state index contributed by atoms with van der Waals surface area (Å²) in [6, 6.07) is 7.89. The number of aryl methyl sites for hydroxylation is 3. The van der Waals surface area contributed by atoms with Crippen molar-refractivity contribution in [2.75, 3.05) is 13.7 Å². The van der Waals surface area contributed by atoms with Crippen LogP contribution in [0.4, 0.5) is 0 Å². The second kappa shape index (κ2) is 9.89. The van der Waals surface area contributed by atoms with Gasteiger partial charge in [-0.1, -0.05) is 19.4 Å². The maximum Gasteiger partial charge on any atom is 0.363 e. The van der Waals surface area contributed by atoms with Crippen LogP contribution in [-0.4, -0.2) is 43.3 Å². The molecule has 1 atom stereocenters. The zero-order valence-electron chi connectivity index (χ0n) is 19.6. The molecule has 1 aromatic carbocycles. The first-order chi connectivity index (χ1) is 16.0. The van der Waals surface area contributed by atoms with Crippen LogP contribution in [0.15, 0.2) is 58.7 Å². The third-order valence-corrected chi connectivity index (χ3v) is 5.86. The van der Waals surface area contributed by atoms with Crippen LogP contribution >= 0.6 is 0 Å². The van der Waals surface area contributed by atoms with Crippen LogP contribution in [0.5, 0.6) is 5.75 Å². The number of ether oxygens (including phenoxy) is 2. The van der Waals surface area contributed by atoms with E-state index in [4.69, 9.17) is 9.47 Å². The highest BCUT2D eigenvalue weighted by Gasteiger charge is 2.27. The molecule has 0 saturated carbocycles. The van der Waals surface area contributed by atoms with E-state index in [2.05, 4.69) is 28.5 Å². The number of rotatable bonds is 9. The van der Waals surface area contributed by atoms with Gasteiger partial charge in [0.25, 0.3) is 0 Å². The Morgan fingerprint density at radius 1 is 1.18 bits per heavy atom. The maximum atomic E-state index is 12.5. The number of hydrogen-bond donors (Lipinski definition) is 0. The molecule has 33 heavy (non-hydrogen) atoms. The number of nitrogens with zero attached hydrogens (tertiary/aromatic N) is 6. The van der Waals surface area contributed by atoms with Gasteiger partial charge in [0.15, 0.2) is 0 Å². The van der Waals surface area contributed by atoms with Crippen molar-refractivity contribution >= 4 is 0 Å². The molecule has 2 aromatic heterocycles. The Kier molecular flexibility index (Phi) is 6.76. The van der Waals surface area contributed by atoms with Gasteiger partial charge in [-0.3, -0.25) is 4.68 Å². The van der Waals surface area contributed by atoms with E-state index in [-0.39, 0.29) is 18.3 Å². The second-order valence-electron chi connectivity index (χ2n) is 8.17. The number of aromatic nitrogens is 6. The largest absolute Gasteiger partial charge is 0.497 e. The van der Waals surface area contributed by atoms with E-state index in [0.29, 0.717) is 12.2 Å². The average Bonchev–Trinajstić information content (AvgIpc) is 3.41. The van der Waals surface area contributed by atoms with Gasteiger partial charge in [0, 0.05) is 31.4 Å². The second-order valence-corrected chi connectivity index (χ2v) is 8.17. The molecule has 2 heterocycles. The first-order valence-corrected chi connectivity index (χ1v) is 11.2. The molecule has 0 fully saturated rings. The molecular formula is C24H30N6O3. The van der Waals surface area contributed by atoms with Gasteiger partial charge in [0.1, 0.15) is 18.1 Å². The Morgan fingerprint density at radius 3 is 2.70 bits per heavy atom. The minimum Gasteiger partial charge on any atom is -0.497 e. The van der Waals surface area contributed by atoms with E-state index in [9.17, 15) is 4.79 Å². The van der Waals surface area contributed by atoms with Crippen molar-refractivity contribution in [3.8, 4) is 17.0 Å². The Bertz CT molecular complexity index is 1230. The molecule has 0 aliphatic heterocycles. The van der Waals surface area contributed by atoms with Gasteiger partial charge in [0.2, 0.25) is 0 Å². The van der Waals surface area contributed by atoms with Crippen LogP contribution < -0.4 is 10.4 Å². The lowest BCUT2D eigenvalue weighted by molar-refractivity contribution is 0.264. The predicted molar refractivity (Wildman–Crippen MR) is 125 cm³/mol. The molecule has 0 amide bonds. The van der Waals surface area contributed by atoms with Gasteiger partial charge in [-0.25, -0.2) is 4.79 Å². The van der Waals surface area contributed by atoms with Gasteiger partial charge in [0.05, 0.1) is 18.8 Å². The van der Waals surface area contributed by atoms with Crippen LogP contribution in [0.25, 0.3) is 11.3 Å². The predicted octanol–water partition coefficient (Wildman–Crippen LogP) is 3.20. The summed E-state index contributed by atoms with van der Waals surface area (Å²) in [5, 5.41) is 12.4. The molecule has 1 unspecified atom stereocenters. The van der Waals surface area contributed by atoms with E-state index in [0.717, 1.165) is 47.4 Å². The van der Waals surface area contributed by atoms with Gasteiger partial charge in [-0.2, -0.15) is 14.5 Å². The highest BCUT2D eigenvalue weighted by molar-refractivity contribution is 5.61. The van der Waals surface area contributed by atoms with E-state index < -0.39 is 0 Å². The molecule has 1 aliphatic carbocycles. The minimum atomic E-state index is -0.307. The molecule has 4 rings (SSSR count). The topological polar surface area (TPSA) is 89.0 Å². The van der Waals surface area contributed by atoms with E-state index in [1.807, 2.05) is 43.6 Å². The van der Waals surface area contributed by atoms with Crippen molar-refractivity contribution in [3.05, 3.63) is 70.0 Å². The van der Waals surface area contributed by atoms with Crippen LogP contribution in [0.1, 0.15) is 37.8 Å². The maximum absolute atomic E-state index is 12.5. The lowest BCUT2D eigenvalue weighted by Gasteiger charge is -2.24. The highest BCUT2D eigenvalue weighted by atomic mass is 16.5. The summed E-state index contributed by atoms with van der Waals surface area (Å²) in [6.45, 7) is 2.46. The molecule has 9 heteroatoms. The fourth-order valence-corrected chi connectivity index (χ4v) is 4.02. The first kappa shape index (κ1) is 22.6. The van der Waals surface area contributed by atoms with Gasteiger partial charge < -0.3 is 9.47 Å². The van der Waals surface area contributed by atoms with Crippen molar-refractivity contribution in [2.24, 2.45) is 14.1 Å². The quantitative estimate of drug-likeness (QED) is 0.497. The van der Waals surface area contributed by atoms with Crippen LogP contribution in [0, 0.1) is 0 Å². The SMILES string of the molecule is CCCCc1cc(-c2ccn(C)n2)ccc1OCC1=C(OC)C=CCC1n1nnn(C)c1=O. The van der Waals surface area contributed by atoms with E-state index in [1.165, 1.54) is 9.36 Å². The van der Waals surface area contributed by atoms with Gasteiger partial charge in [-0.15, -0.1) is 0 Å². The number of benzene rings is 1. The molecule has 3 aromatic rings. The molecule has 9 nitrogen and oxygen atoms in total. The number of hydrogen-bond acceptors (Lipinski definition) is 6. The normalized spacial score (nSPS) is 15.8. The molecule has 174 valence electrons. The monoisotopic (exact) mass is 450 g/mol. The highest BCUT2D eigenvalue weighted by Crippen LogP contribution is 2.32. The third-order valence-electron chi connectivity index (χ3n) is 5.86. The molecular weight excluding hydrogens is 420 g/mol. The summed E-state index contributed by atoms with van der Waals surface area (Å²) in [6.07, 6.45) is 9.51. The van der Waals surface area contributed by atoms with Crippen molar-refractivity contribution in [3.63, 3.8) is 0 Å². The number of unbranched alkanes of at least 4 members (excludes halogenated alkanes) is 1. The summed E-state index contributed by atoms with van der Waals surface area (Å²) in [7, 11) is 5.12. The zero-order valence-corrected chi connectivity index (χ0v) is 19.6. The lowest BCUT2D eigenvalue weighted by Crippen LogP contribution is -2.31.